The third-order valence-corrected chi connectivity index (χ3v) is 4.93. The highest BCUT2D eigenvalue weighted by atomic mass is 35.5. The number of carbonyl (C=O) groups is 1. The Balaban J connectivity index is 1.91. The Bertz CT molecular complexity index is 1260. The van der Waals surface area contributed by atoms with Crippen LogP contribution >= 0.6 is 11.6 Å². The van der Waals surface area contributed by atoms with E-state index in [-0.39, 0.29) is 5.57 Å². The number of anilines is 1. The van der Waals surface area contributed by atoms with Crippen molar-refractivity contribution in [1.82, 2.24) is 9.97 Å². The molecule has 0 unspecified atom stereocenters. The molecule has 0 aliphatic carbocycles. The summed E-state index contributed by atoms with van der Waals surface area (Å²) in [4.78, 5) is 21.6. The Morgan fingerprint density at radius 2 is 1.78 bits per heavy atom. The number of alkyl halides is 3. The SMILES string of the molecule is C=C(C)/C(=C\C=C(/C)C(F)(F)F)C(=O)Nc1ccc(Cl)c(-c2cnc3ccccc3n2)c1. The normalized spacial score (nSPS) is 12.7. The molecule has 8 heteroatoms. The molecule has 1 aromatic heterocycles. The van der Waals surface area contributed by atoms with Gasteiger partial charge in [-0.25, -0.2) is 4.98 Å². The summed E-state index contributed by atoms with van der Waals surface area (Å²) in [5.41, 5.74) is 2.41. The number of allylic oxidation sites excluding steroid dienone is 3. The second-order valence-electron chi connectivity index (χ2n) is 7.10. The summed E-state index contributed by atoms with van der Waals surface area (Å²) < 4.78 is 38.2. The van der Waals surface area contributed by atoms with E-state index in [0.717, 1.165) is 24.6 Å². The zero-order valence-corrected chi connectivity index (χ0v) is 18.1. The fourth-order valence-electron chi connectivity index (χ4n) is 2.80. The lowest BCUT2D eigenvalue weighted by Crippen LogP contribution is -2.15. The molecule has 3 aromatic rings. The van der Waals surface area contributed by atoms with Crippen molar-refractivity contribution in [2.24, 2.45) is 0 Å². The predicted octanol–water partition coefficient (Wildman–Crippen LogP) is 6.90. The summed E-state index contributed by atoms with van der Waals surface area (Å²) in [5.74, 6) is -0.596. The van der Waals surface area contributed by atoms with E-state index in [1.165, 1.54) is 0 Å². The summed E-state index contributed by atoms with van der Waals surface area (Å²) >= 11 is 6.34. The Morgan fingerprint density at radius 1 is 1.09 bits per heavy atom. The molecule has 0 fully saturated rings. The van der Waals surface area contributed by atoms with Gasteiger partial charge in [0.15, 0.2) is 0 Å². The third-order valence-electron chi connectivity index (χ3n) is 4.60. The van der Waals surface area contributed by atoms with Crippen molar-refractivity contribution in [3.63, 3.8) is 0 Å². The molecule has 0 aliphatic rings. The molecule has 3 rings (SSSR count). The van der Waals surface area contributed by atoms with Crippen LogP contribution in [0.25, 0.3) is 22.3 Å². The Labute approximate surface area is 188 Å². The molecule has 1 N–H and O–H groups in total. The van der Waals surface area contributed by atoms with Crippen molar-refractivity contribution < 1.29 is 18.0 Å². The van der Waals surface area contributed by atoms with Gasteiger partial charge in [0.25, 0.3) is 5.91 Å². The highest BCUT2D eigenvalue weighted by Crippen LogP contribution is 2.30. The minimum atomic E-state index is -4.47. The van der Waals surface area contributed by atoms with Gasteiger partial charge in [0.05, 0.1) is 27.9 Å². The lowest BCUT2D eigenvalue weighted by Gasteiger charge is -2.12. The predicted molar refractivity (Wildman–Crippen MR) is 121 cm³/mol. The van der Waals surface area contributed by atoms with Crippen LogP contribution in [0.5, 0.6) is 0 Å². The largest absolute Gasteiger partial charge is 0.412 e. The monoisotopic (exact) mass is 457 g/mol. The van der Waals surface area contributed by atoms with Crippen molar-refractivity contribution >= 4 is 34.2 Å². The molecule has 0 spiro atoms. The number of fused-ring (bicyclic) bond motifs is 1. The van der Waals surface area contributed by atoms with Crippen LogP contribution in [0, 0.1) is 0 Å². The van der Waals surface area contributed by atoms with Crippen molar-refractivity contribution in [3.8, 4) is 11.3 Å². The average Bonchev–Trinajstić information content (AvgIpc) is 2.73. The molecule has 0 radical (unpaired) electrons. The van der Waals surface area contributed by atoms with E-state index >= 15 is 0 Å². The van der Waals surface area contributed by atoms with Crippen LogP contribution in [0.1, 0.15) is 13.8 Å². The number of nitrogens with zero attached hydrogens (tertiary/aromatic N) is 2. The summed E-state index contributed by atoms with van der Waals surface area (Å²) in [5, 5.41) is 3.08. The van der Waals surface area contributed by atoms with E-state index in [4.69, 9.17) is 11.6 Å². The number of benzene rings is 2. The Kier molecular flexibility index (Phi) is 6.79. The zero-order chi connectivity index (χ0) is 23.5. The number of carbonyl (C=O) groups excluding carboxylic acids is 1. The standard InChI is InChI=1S/C24H19ClF3N3O/c1-14(2)17(10-8-15(3)24(26,27)28)23(32)30-16-9-11-19(25)18(12-16)22-13-29-20-6-4-5-7-21(20)31-22/h4-13H,1H2,2-3H3,(H,30,32)/b15-8+,17-10+. The fraction of sp³-hybridized carbons (Fsp3) is 0.125. The highest BCUT2D eigenvalue weighted by Gasteiger charge is 2.29. The summed E-state index contributed by atoms with van der Waals surface area (Å²) in [6, 6.07) is 12.2. The second-order valence-corrected chi connectivity index (χ2v) is 7.51. The first-order valence-electron chi connectivity index (χ1n) is 9.51. The third kappa shape index (κ3) is 5.42. The van der Waals surface area contributed by atoms with Crippen LogP contribution in [0.2, 0.25) is 5.02 Å². The van der Waals surface area contributed by atoms with Crippen molar-refractivity contribution in [3.05, 3.63) is 89.1 Å². The molecular weight excluding hydrogens is 439 g/mol. The molecule has 164 valence electrons. The minimum absolute atomic E-state index is 0.0237. The maximum atomic E-state index is 12.7. The summed E-state index contributed by atoms with van der Waals surface area (Å²) in [6.45, 7) is 6.16. The number of aromatic nitrogens is 2. The number of amides is 1. The Hall–Kier alpha value is -3.45. The number of rotatable bonds is 5. The second kappa shape index (κ2) is 9.36. The molecule has 2 aromatic carbocycles. The fourth-order valence-corrected chi connectivity index (χ4v) is 3.01. The van der Waals surface area contributed by atoms with Gasteiger partial charge in [0, 0.05) is 22.4 Å². The molecule has 0 saturated heterocycles. The molecular formula is C24H19ClF3N3O. The van der Waals surface area contributed by atoms with Crippen molar-refractivity contribution in [2.45, 2.75) is 20.0 Å². The maximum Gasteiger partial charge on any atom is 0.412 e. The van der Waals surface area contributed by atoms with Gasteiger partial charge in [-0.2, -0.15) is 13.2 Å². The van der Waals surface area contributed by atoms with Gasteiger partial charge >= 0.3 is 6.18 Å². The van der Waals surface area contributed by atoms with Crippen molar-refractivity contribution in [2.75, 3.05) is 5.32 Å². The van der Waals surface area contributed by atoms with Crippen LogP contribution in [-0.4, -0.2) is 22.1 Å². The molecule has 0 bridgehead atoms. The number of hydrogen-bond donors (Lipinski definition) is 1. The van der Waals surface area contributed by atoms with Gasteiger partial charge < -0.3 is 5.32 Å². The minimum Gasteiger partial charge on any atom is -0.322 e. The van der Waals surface area contributed by atoms with E-state index in [0.29, 0.717) is 33.1 Å². The average molecular weight is 458 g/mol. The van der Waals surface area contributed by atoms with Gasteiger partial charge in [-0.1, -0.05) is 36.4 Å². The summed E-state index contributed by atoms with van der Waals surface area (Å²) in [6.07, 6.45) is -0.939. The van der Waals surface area contributed by atoms with E-state index < -0.39 is 17.7 Å². The van der Waals surface area contributed by atoms with Crippen LogP contribution in [0.4, 0.5) is 18.9 Å². The first kappa shape index (κ1) is 23.2. The molecule has 32 heavy (non-hydrogen) atoms. The van der Waals surface area contributed by atoms with E-state index in [2.05, 4.69) is 21.9 Å². The quantitative estimate of drug-likeness (QED) is 0.335. The van der Waals surface area contributed by atoms with Crippen LogP contribution < -0.4 is 5.32 Å². The lowest BCUT2D eigenvalue weighted by molar-refractivity contribution is -0.112. The smallest absolute Gasteiger partial charge is 0.322 e. The first-order chi connectivity index (χ1) is 15.1. The highest BCUT2D eigenvalue weighted by molar-refractivity contribution is 6.33. The molecule has 0 aliphatic heterocycles. The Morgan fingerprint density at radius 3 is 2.44 bits per heavy atom. The van der Waals surface area contributed by atoms with Gasteiger partial charge in [0.2, 0.25) is 0 Å². The van der Waals surface area contributed by atoms with Gasteiger partial charge in [-0.3, -0.25) is 9.78 Å². The van der Waals surface area contributed by atoms with Gasteiger partial charge in [0.1, 0.15) is 0 Å². The van der Waals surface area contributed by atoms with Gasteiger partial charge in [-0.15, -0.1) is 0 Å². The van der Waals surface area contributed by atoms with Gasteiger partial charge in [-0.05, 0) is 55.8 Å². The first-order valence-corrected chi connectivity index (χ1v) is 9.89. The topological polar surface area (TPSA) is 54.9 Å². The number of halogens is 4. The number of nitrogens with one attached hydrogen (secondary N) is 1. The van der Waals surface area contributed by atoms with Crippen LogP contribution in [0.3, 0.4) is 0 Å². The maximum absolute atomic E-state index is 12.7. The molecule has 0 atom stereocenters. The zero-order valence-electron chi connectivity index (χ0n) is 17.3. The van der Waals surface area contributed by atoms with Crippen LogP contribution in [-0.2, 0) is 4.79 Å². The molecule has 1 amide bonds. The number of para-hydroxylation sites is 2. The summed E-state index contributed by atoms with van der Waals surface area (Å²) in [7, 11) is 0. The molecule has 1 heterocycles. The van der Waals surface area contributed by atoms with Crippen LogP contribution in [0.15, 0.2) is 84.1 Å². The van der Waals surface area contributed by atoms with E-state index in [9.17, 15) is 18.0 Å². The van der Waals surface area contributed by atoms with Crippen molar-refractivity contribution in [1.29, 1.82) is 0 Å². The number of hydrogen-bond acceptors (Lipinski definition) is 3. The van der Waals surface area contributed by atoms with E-state index in [1.807, 2.05) is 24.3 Å². The molecule has 4 nitrogen and oxygen atoms in total. The lowest BCUT2D eigenvalue weighted by atomic mass is 10.1. The van der Waals surface area contributed by atoms with E-state index in [1.54, 1.807) is 31.3 Å². The molecule has 0 saturated carbocycles.